The Morgan fingerprint density at radius 3 is 2.39 bits per heavy atom. The standard InChI is InChI=1S/C30H28N6O3.CH4O3S/c1-38-25-16-19(15-23-17-33-30(32)35-29(23)31)14-21(28(25)39-2)12-13-26(37)36-27(20-8-4-3-5-9-20)24-11-7-6-10-22(24)18-34-36;1-5(2,3)4/h3-14,16-18,27H,15H2,1-2H3,(H4,31,32,33,35);1H3,(H,2,3,4)/b13-12+;. The number of nitrogen functional groups attached to an aromatic ring is 2. The number of hydrazone groups is 1. The van der Waals surface area contributed by atoms with Gasteiger partial charge < -0.3 is 20.9 Å². The van der Waals surface area contributed by atoms with E-state index in [-0.39, 0.29) is 17.9 Å². The second kappa shape index (κ2) is 13.8. The first-order valence-corrected chi connectivity index (χ1v) is 15.1. The van der Waals surface area contributed by atoms with Crippen molar-refractivity contribution in [2.45, 2.75) is 12.5 Å². The first-order chi connectivity index (χ1) is 21.0. The number of carbonyl (C=O) groups is 1. The Balaban J connectivity index is 0.000000818. The molecule has 1 amide bonds. The van der Waals surface area contributed by atoms with E-state index < -0.39 is 10.1 Å². The summed E-state index contributed by atoms with van der Waals surface area (Å²) in [5.41, 5.74) is 16.9. The van der Waals surface area contributed by atoms with Crippen LogP contribution in [0.4, 0.5) is 11.8 Å². The number of ether oxygens (including phenoxy) is 2. The van der Waals surface area contributed by atoms with Crippen LogP contribution in [0.3, 0.4) is 0 Å². The van der Waals surface area contributed by atoms with Gasteiger partial charge in [-0.2, -0.15) is 18.5 Å². The van der Waals surface area contributed by atoms with Gasteiger partial charge in [0.15, 0.2) is 11.5 Å². The molecule has 228 valence electrons. The minimum Gasteiger partial charge on any atom is -0.493 e. The average molecular weight is 617 g/mol. The van der Waals surface area contributed by atoms with Gasteiger partial charge in [0.1, 0.15) is 11.9 Å². The van der Waals surface area contributed by atoms with E-state index in [2.05, 4.69) is 15.1 Å². The van der Waals surface area contributed by atoms with Crippen molar-refractivity contribution in [3.05, 3.63) is 112 Å². The predicted molar refractivity (Wildman–Crippen MR) is 169 cm³/mol. The highest BCUT2D eigenvalue weighted by atomic mass is 32.2. The topological polar surface area (TPSA) is 183 Å². The summed E-state index contributed by atoms with van der Waals surface area (Å²) in [6.45, 7) is 0. The highest BCUT2D eigenvalue weighted by Crippen LogP contribution is 2.36. The van der Waals surface area contributed by atoms with Gasteiger partial charge in [0.05, 0.1) is 26.7 Å². The van der Waals surface area contributed by atoms with Crippen LogP contribution in [0.1, 0.15) is 39.4 Å². The molecule has 1 aliphatic heterocycles. The SMILES string of the molecule is COc1cc(Cc2cnc(N)nc2N)cc(/C=C/C(=O)N2N=Cc3ccccc3C2c2ccccc2)c1OC.CS(=O)(=O)O. The van der Waals surface area contributed by atoms with Gasteiger partial charge in [0.2, 0.25) is 5.95 Å². The van der Waals surface area contributed by atoms with E-state index in [0.29, 0.717) is 35.6 Å². The van der Waals surface area contributed by atoms with Crippen molar-refractivity contribution in [3.63, 3.8) is 0 Å². The van der Waals surface area contributed by atoms with Crippen molar-refractivity contribution in [2.24, 2.45) is 5.10 Å². The smallest absolute Gasteiger partial charge is 0.267 e. The highest BCUT2D eigenvalue weighted by molar-refractivity contribution is 7.85. The molecule has 2 heterocycles. The third-order valence-electron chi connectivity index (χ3n) is 6.48. The van der Waals surface area contributed by atoms with Gasteiger partial charge in [-0.3, -0.25) is 9.35 Å². The van der Waals surface area contributed by atoms with E-state index >= 15 is 0 Å². The third-order valence-corrected chi connectivity index (χ3v) is 6.48. The van der Waals surface area contributed by atoms with Crippen LogP contribution >= 0.6 is 0 Å². The van der Waals surface area contributed by atoms with Crippen molar-refractivity contribution in [3.8, 4) is 11.5 Å². The normalized spacial score (nSPS) is 14.0. The number of nitrogens with two attached hydrogens (primary N) is 2. The zero-order valence-corrected chi connectivity index (χ0v) is 25.1. The Morgan fingerprint density at radius 1 is 1.05 bits per heavy atom. The second-order valence-corrected chi connectivity index (χ2v) is 11.1. The fraction of sp³-hybridized carbons (Fsp3) is 0.161. The monoisotopic (exact) mass is 616 g/mol. The van der Waals surface area contributed by atoms with E-state index in [1.807, 2.05) is 66.7 Å². The maximum Gasteiger partial charge on any atom is 0.267 e. The zero-order chi connectivity index (χ0) is 31.9. The number of anilines is 2. The summed E-state index contributed by atoms with van der Waals surface area (Å²) in [5.74, 6) is 1.16. The molecular formula is C31H32N6O6S. The summed E-state index contributed by atoms with van der Waals surface area (Å²) in [6.07, 6.45) is 7.65. The lowest BCUT2D eigenvalue weighted by Crippen LogP contribution is -2.33. The van der Waals surface area contributed by atoms with Crippen LogP contribution in [-0.4, -0.2) is 60.5 Å². The summed E-state index contributed by atoms with van der Waals surface area (Å²) < 4.78 is 37.1. The molecule has 0 bridgehead atoms. The van der Waals surface area contributed by atoms with Crippen molar-refractivity contribution >= 4 is 40.1 Å². The van der Waals surface area contributed by atoms with Gasteiger partial charge in [-0.1, -0.05) is 54.6 Å². The molecular weight excluding hydrogens is 584 g/mol. The number of benzene rings is 3. The Labute approximate surface area is 255 Å². The largest absolute Gasteiger partial charge is 0.493 e. The molecule has 1 aromatic heterocycles. The van der Waals surface area contributed by atoms with Crippen molar-refractivity contribution in [2.75, 3.05) is 31.9 Å². The molecule has 1 unspecified atom stereocenters. The lowest BCUT2D eigenvalue weighted by Gasteiger charge is -2.31. The minimum atomic E-state index is -3.67. The second-order valence-electron chi connectivity index (χ2n) is 9.67. The number of rotatable bonds is 7. The van der Waals surface area contributed by atoms with Gasteiger partial charge in [0, 0.05) is 35.4 Å². The number of methoxy groups -OCH3 is 2. The van der Waals surface area contributed by atoms with Crippen LogP contribution in [0.15, 0.2) is 84.1 Å². The number of fused-ring (bicyclic) bond motifs is 1. The van der Waals surface area contributed by atoms with Crippen LogP contribution in [0.2, 0.25) is 0 Å². The van der Waals surface area contributed by atoms with Crippen LogP contribution in [0.25, 0.3) is 6.08 Å². The Morgan fingerprint density at radius 2 is 1.73 bits per heavy atom. The Bertz CT molecular complexity index is 1800. The molecule has 0 saturated heterocycles. The van der Waals surface area contributed by atoms with Crippen molar-refractivity contribution < 1.29 is 27.2 Å². The first-order valence-electron chi connectivity index (χ1n) is 13.2. The van der Waals surface area contributed by atoms with Crippen LogP contribution < -0.4 is 20.9 Å². The molecule has 1 atom stereocenters. The van der Waals surface area contributed by atoms with Gasteiger partial charge in [-0.15, -0.1) is 0 Å². The molecule has 0 spiro atoms. The number of hydrogen-bond donors (Lipinski definition) is 3. The number of carbonyl (C=O) groups excluding carboxylic acids is 1. The molecule has 44 heavy (non-hydrogen) atoms. The molecule has 13 heteroatoms. The predicted octanol–water partition coefficient (Wildman–Crippen LogP) is 3.73. The lowest BCUT2D eigenvalue weighted by atomic mass is 9.93. The Hall–Kier alpha value is -5.27. The fourth-order valence-corrected chi connectivity index (χ4v) is 4.65. The van der Waals surface area contributed by atoms with E-state index in [4.69, 9.17) is 25.5 Å². The van der Waals surface area contributed by atoms with E-state index in [1.165, 1.54) is 11.1 Å². The molecule has 5 rings (SSSR count). The molecule has 0 aliphatic carbocycles. The maximum atomic E-state index is 13.6. The third kappa shape index (κ3) is 7.96. The molecule has 5 N–H and O–H groups in total. The van der Waals surface area contributed by atoms with E-state index in [1.54, 1.807) is 32.7 Å². The quantitative estimate of drug-likeness (QED) is 0.204. The number of nitrogens with zero attached hydrogens (tertiary/aromatic N) is 4. The van der Waals surface area contributed by atoms with Crippen LogP contribution in [0, 0.1) is 0 Å². The molecule has 1 aliphatic rings. The molecule has 12 nitrogen and oxygen atoms in total. The van der Waals surface area contributed by atoms with Gasteiger partial charge in [-0.05, 0) is 34.9 Å². The lowest BCUT2D eigenvalue weighted by molar-refractivity contribution is -0.127. The molecule has 0 fully saturated rings. The van der Waals surface area contributed by atoms with Gasteiger partial charge in [0.25, 0.3) is 16.0 Å². The van der Waals surface area contributed by atoms with Crippen molar-refractivity contribution in [1.82, 2.24) is 15.0 Å². The summed E-state index contributed by atoms with van der Waals surface area (Å²) >= 11 is 0. The fourth-order valence-electron chi connectivity index (χ4n) is 4.65. The summed E-state index contributed by atoms with van der Waals surface area (Å²) in [5, 5.41) is 6.02. The molecule has 4 aromatic rings. The van der Waals surface area contributed by atoms with Crippen LogP contribution in [-0.2, 0) is 21.3 Å². The number of hydrogen-bond acceptors (Lipinski definition) is 10. The number of aromatic nitrogens is 2. The van der Waals surface area contributed by atoms with Crippen molar-refractivity contribution in [1.29, 1.82) is 0 Å². The summed E-state index contributed by atoms with van der Waals surface area (Å²) in [6, 6.07) is 21.2. The highest BCUT2D eigenvalue weighted by Gasteiger charge is 2.29. The van der Waals surface area contributed by atoms with E-state index in [9.17, 15) is 13.2 Å². The first kappa shape index (κ1) is 31.7. The van der Waals surface area contributed by atoms with Crippen LogP contribution in [0.5, 0.6) is 11.5 Å². The van der Waals surface area contributed by atoms with Gasteiger partial charge >= 0.3 is 0 Å². The molecule has 0 saturated carbocycles. The maximum absolute atomic E-state index is 13.6. The zero-order valence-electron chi connectivity index (χ0n) is 24.3. The van der Waals surface area contributed by atoms with Gasteiger partial charge in [-0.25, -0.2) is 9.99 Å². The van der Waals surface area contributed by atoms with E-state index in [0.717, 1.165) is 27.8 Å². The molecule has 0 radical (unpaired) electrons. The Kier molecular flexibility index (Phi) is 9.93. The summed E-state index contributed by atoms with van der Waals surface area (Å²) in [7, 11) is -0.550. The number of amides is 1. The summed E-state index contributed by atoms with van der Waals surface area (Å²) in [4.78, 5) is 21.7. The minimum absolute atomic E-state index is 0.113. The molecule has 3 aromatic carbocycles. The average Bonchev–Trinajstić information content (AvgIpc) is 3.00.